The van der Waals surface area contributed by atoms with Crippen LogP contribution in [-0.2, 0) is 4.79 Å². The molecular formula is C16H25N3OS. The van der Waals surface area contributed by atoms with Gasteiger partial charge >= 0.3 is 0 Å². The third-order valence-corrected chi connectivity index (χ3v) is 5.53. The number of hydrogen-bond acceptors (Lipinski definition) is 4. The normalized spacial score (nSPS) is 25.2. The summed E-state index contributed by atoms with van der Waals surface area (Å²) in [5.41, 5.74) is 0. The smallest absolute Gasteiger partial charge is 0.245 e. The van der Waals surface area contributed by atoms with Crippen LogP contribution in [-0.4, -0.2) is 54.5 Å². The second kappa shape index (κ2) is 6.90. The first-order chi connectivity index (χ1) is 10.3. The highest BCUT2D eigenvalue weighted by Gasteiger charge is 2.35. The summed E-state index contributed by atoms with van der Waals surface area (Å²) >= 11 is 1.71. The molecule has 1 aromatic rings. The molecule has 2 saturated heterocycles. The zero-order valence-electron chi connectivity index (χ0n) is 12.8. The minimum atomic E-state index is -0.0701. The Labute approximate surface area is 131 Å². The highest BCUT2D eigenvalue weighted by molar-refractivity contribution is 7.10. The minimum Gasteiger partial charge on any atom is -0.341 e. The first-order valence-electron chi connectivity index (χ1n) is 8.09. The molecule has 2 aliphatic heterocycles. The molecule has 0 spiro atoms. The number of nitrogens with zero attached hydrogens (tertiary/aromatic N) is 2. The topological polar surface area (TPSA) is 35.6 Å². The Bertz CT molecular complexity index is 456. The maximum Gasteiger partial charge on any atom is 0.245 e. The quantitative estimate of drug-likeness (QED) is 0.925. The van der Waals surface area contributed by atoms with E-state index in [2.05, 4.69) is 39.6 Å². The molecule has 3 rings (SSSR count). The third-order valence-electron chi connectivity index (χ3n) is 4.61. The second-order valence-electron chi connectivity index (χ2n) is 6.00. The van der Waals surface area contributed by atoms with E-state index in [9.17, 15) is 4.79 Å². The molecule has 2 unspecified atom stereocenters. The molecule has 1 aromatic heterocycles. The van der Waals surface area contributed by atoms with E-state index in [4.69, 9.17) is 0 Å². The fourth-order valence-electron chi connectivity index (χ4n) is 3.37. The molecule has 3 heterocycles. The summed E-state index contributed by atoms with van der Waals surface area (Å²) in [5, 5.41) is 5.63. The zero-order chi connectivity index (χ0) is 14.7. The van der Waals surface area contributed by atoms with E-state index >= 15 is 0 Å². The van der Waals surface area contributed by atoms with Crippen LogP contribution in [0.1, 0.15) is 37.1 Å². The summed E-state index contributed by atoms with van der Waals surface area (Å²) in [6, 6.07) is 4.61. The van der Waals surface area contributed by atoms with Gasteiger partial charge in [0, 0.05) is 43.6 Å². The number of rotatable bonds is 4. The van der Waals surface area contributed by atoms with Crippen LogP contribution in [0.25, 0.3) is 0 Å². The Kier molecular flexibility index (Phi) is 4.93. The summed E-state index contributed by atoms with van der Waals surface area (Å²) in [6.07, 6.45) is 3.43. The Morgan fingerprint density at radius 3 is 2.90 bits per heavy atom. The number of carbonyl (C=O) groups is 1. The number of amides is 1. The van der Waals surface area contributed by atoms with Gasteiger partial charge in [-0.3, -0.25) is 9.69 Å². The number of thiophene rings is 1. The molecule has 4 nitrogen and oxygen atoms in total. The predicted octanol–water partition coefficient (Wildman–Crippen LogP) is 2.10. The van der Waals surface area contributed by atoms with Crippen molar-refractivity contribution in [3.8, 4) is 0 Å². The second-order valence-corrected chi connectivity index (χ2v) is 6.98. The first-order valence-corrected chi connectivity index (χ1v) is 8.97. The van der Waals surface area contributed by atoms with Gasteiger partial charge in [-0.1, -0.05) is 13.0 Å². The van der Waals surface area contributed by atoms with E-state index in [0.29, 0.717) is 11.9 Å². The lowest BCUT2D eigenvalue weighted by molar-refractivity contribution is -0.136. The molecule has 1 amide bonds. The molecule has 0 aromatic carbocycles. The van der Waals surface area contributed by atoms with Gasteiger partial charge < -0.3 is 10.2 Å². The molecule has 2 aliphatic rings. The summed E-state index contributed by atoms with van der Waals surface area (Å²) in [6.45, 7) is 6.99. The number of hydrogen-bond donors (Lipinski definition) is 1. The molecule has 2 atom stereocenters. The lowest BCUT2D eigenvalue weighted by atomic mass is 10.1. The van der Waals surface area contributed by atoms with Gasteiger partial charge in [0.15, 0.2) is 0 Å². The van der Waals surface area contributed by atoms with Crippen molar-refractivity contribution in [2.24, 2.45) is 0 Å². The molecule has 5 heteroatoms. The first kappa shape index (κ1) is 15.0. The summed E-state index contributed by atoms with van der Waals surface area (Å²) in [5.74, 6) is 0.312. The number of piperazine rings is 1. The Morgan fingerprint density at radius 2 is 2.24 bits per heavy atom. The summed E-state index contributed by atoms with van der Waals surface area (Å²) in [4.78, 5) is 18.7. The molecule has 0 aliphatic carbocycles. The van der Waals surface area contributed by atoms with Crippen LogP contribution in [0, 0.1) is 0 Å². The zero-order valence-corrected chi connectivity index (χ0v) is 13.6. The van der Waals surface area contributed by atoms with Crippen molar-refractivity contribution in [1.82, 2.24) is 15.1 Å². The molecule has 0 bridgehead atoms. The largest absolute Gasteiger partial charge is 0.341 e. The van der Waals surface area contributed by atoms with E-state index < -0.39 is 0 Å². The van der Waals surface area contributed by atoms with E-state index in [-0.39, 0.29) is 6.04 Å². The monoisotopic (exact) mass is 307 g/mol. The van der Waals surface area contributed by atoms with Gasteiger partial charge in [-0.2, -0.15) is 0 Å². The Morgan fingerprint density at radius 1 is 1.43 bits per heavy atom. The van der Waals surface area contributed by atoms with Crippen molar-refractivity contribution in [3.63, 3.8) is 0 Å². The van der Waals surface area contributed by atoms with Gasteiger partial charge in [0.1, 0.15) is 6.04 Å². The molecule has 116 valence electrons. The van der Waals surface area contributed by atoms with Crippen LogP contribution in [0.3, 0.4) is 0 Å². The van der Waals surface area contributed by atoms with Gasteiger partial charge in [-0.15, -0.1) is 11.3 Å². The predicted molar refractivity (Wildman–Crippen MR) is 86.5 cm³/mol. The van der Waals surface area contributed by atoms with Crippen LogP contribution in [0.2, 0.25) is 0 Å². The lowest BCUT2D eigenvalue weighted by Crippen LogP contribution is -2.54. The van der Waals surface area contributed by atoms with Crippen LogP contribution in [0.5, 0.6) is 0 Å². The van der Waals surface area contributed by atoms with Crippen LogP contribution in [0.4, 0.5) is 0 Å². The minimum absolute atomic E-state index is 0.0701. The maximum absolute atomic E-state index is 13.0. The molecule has 0 radical (unpaired) electrons. The highest BCUT2D eigenvalue weighted by atomic mass is 32.1. The summed E-state index contributed by atoms with van der Waals surface area (Å²) in [7, 11) is 0. The van der Waals surface area contributed by atoms with Crippen molar-refractivity contribution < 1.29 is 4.79 Å². The van der Waals surface area contributed by atoms with Crippen LogP contribution < -0.4 is 5.32 Å². The van der Waals surface area contributed by atoms with Gasteiger partial charge in [0.25, 0.3) is 0 Å². The summed E-state index contributed by atoms with van der Waals surface area (Å²) < 4.78 is 0. The van der Waals surface area contributed by atoms with E-state index in [0.717, 1.165) is 52.0 Å². The fraction of sp³-hybridized carbons (Fsp3) is 0.688. The van der Waals surface area contributed by atoms with Crippen LogP contribution >= 0.6 is 11.3 Å². The van der Waals surface area contributed by atoms with Gasteiger partial charge in [-0.05, 0) is 30.7 Å². The van der Waals surface area contributed by atoms with Crippen LogP contribution in [0.15, 0.2) is 17.5 Å². The average Bonchev–Trinajstić information content (AvgIpc) is 3.21. The van der Waals surface area contributed by atoms with Crippen molar-refractivity contribution in [2.75, 3.05) is 32.7 Å². The van der Waals surface area contributed by atoms with Crippen molar-refractivity contribution in [1.29, 1.82) is 0 Å². The Balaban J connectivity index is 1.80. The number of likely N-dealkylation sites (tertiary alicyclic amines) is 1. The van der Waals surface area contributed by atoms with E-state index in [1.807, 2.05) is 0 Å². The maximum atomic E-state index is 13.0. The standard InChI is InChI=1S/C16H25N3OS/c1-2-13-12-19(10-7-17-13)15(14-6-5-11-21-14)16(20)18-8-3-4-9-18/h5-6,11,13,15,17H,2-4,7-10,12H2,1H3. The number of carbonyl (C=O) groups excluding carboxylic acids is 1. The van der Waals surface area contributed by atoms with Crippen molar-refractivity contribution in [2.45, 2.75) is 38.3 Å². The van der Waals surface area contributed by atoms with Gasteiger partial charge in [0.2, 0.25) is 5.91 Å². The van der Waals surface area contributed by atoms with Gasteiger partial charge in [0.05, 0.1) is 0 Å². The molecule has 1 N–H and O–H groups in total. The molecule has 21 heavy (non-hydrogen) atoms. The van der Waals surface area contributed by atoms with E-state index in [1.165, 1.54) is 4.88 Å². The molecular weight excluding hydrogens is 282 g/mol. The fourth-order valence-corrected chi connectivity index (χ4v) is 4.22. The Hall–Kier alpha value is -0.910. The number of nitrogens with one attached hydrogen (secondary N) is 1. The van der Waals surface area contributed by atoms with Crippen molar-refractivity contribution >= 4 is 17.2 Å². The highest BCUT2D eigenvalue weighted by Crippen LogP contribution is 2.29. The van der Waals surface area contributed by atoms with Crippen molar-refractivity contribution in [3.05, 3.63) is 22.4 Å². The SMILES string of the molecule is CCC1CN(C(C(=O)N2CCCC2)c2cccs2)CCN1. The molecule has 2 fully saturated rings. The molecule has 0 saturated carbocycles. The van der Waals surface area contributed by atoms with Gasteiger partial charge in [-0.25, -0.2) is 0 Å². The average molecular weight is 307 g/mol. The van der Waals surface area contributed by atoms with E-state index in [1.54, 1.807) is 11.3 Å². The third kappa shape index (κ3) is 3.30. The lowest BCUT2D eigenvalue weighted by Gasteiger charge is -2.38.